The Bertz CT molecular complexity index is 958. The summed E-state index contributed by atoms with van der Waals surface area (Å²) in [6.07, 6.45) is 4.19. The van der Waals surface area contributed by atoms with Crippen molar-refractivity contribution in [3.63, 3.8) is 0 Å². The van der Waals surface area contributed by atoms with Crippen LogP contribution in [0.3, 0.4) is 0 Å². The average molecular weight is 362 g/mol. The number of rotatable bonds is 3. The first-order chi connectivity index (χ1) is 12.8. The average Bonchev–Trinajstić information content (AvgIpc) is 2.93. The molecule has 0 saturated heterocycles. The summed E-state index contributed by atoms with van der Waals surface area (Å²) in [5.74, 6) is 0. The van der Waals surface area contributed by atoms with E-state index in [0.29, 0.717) is 0 Å². The first-order valence-corrected chi connectivity index (χ1v) is 10.1. The maximum atomic E-state index is 4.46. The lowest BCUT2D eigenvalue weighted by Crippen LogP contribution is -2.27. The Labute approximate surface area is 163 Å². The second-order valence-electron chi connectivity index (χ2n) is 9.10. The van der Waals surface area contributed by atoms with Gasteiger partial charge in [-0.3, -0.25) is 4.98 Å². The van der Waals surface area contributed by atoms with Gasteiger partial charge in [-0.1, -0.05) is 32.9 Å². The molecular weight excluding hydrogens is 330 g/mol. The number of pyridine rings is 1. The second-order valence-corrected chi connectivity index (χ2v) is 9.10. The van der Waals surface area contributed by atoms with Gasteiger partial charge in [-0.25, -0.2) is 0 Å². The van der Waals surface area contributed by atoms with Gasteiger partial charge in [0.2, 0.25) is 0 Å². The molecule has 27 heavy (non-hydrogen) atoms. The van der Waals surface area contributed by atoms with Crippen molar-refractivity contribution < 1.29 is 0 Å². The van der Waals surface area contributed by atoms with E-state index in [4.69, 9.17) is 0 Å². The summed E-state index contributed by atoms with van der Waals surface area (Å²) in [4.78, 5) is 6.91. The quantitative estimate of drug-likeness (QED) is 0.663. The SMILES string of the molecule is Cc1ccc(CCn2c3c(c4cc(C(C)(C)C)ccc42)CN(C)CC3)cn1. The van der Waals surface area contributed by atoms with Crippen LogP contribution in [0.15, 0.2) is 36.5 Å². The number of fused-ring (bicyclic) bond motifs is 3. The molecule has 0 saturated carbocycles. The molecular formula is C24H31N3. The van der Waals surface area contributed by atoms with Gasteiger partial charge in [0.05, 0.1) is 0 Å². The van der Waals surface area contributed by atoms with E-state index in [2.05, 4.69) is 72.6 Å². The van der Waals surface area contributed by atoms with Crippen molar-refractivity contribution in [3.8, 4) is 0 Å². The van der Waals surface area contributed by atoms with Crippen LogP contribution in [0.25, 0.3) is 10.9 Å². The fraction of sp³-hybridized carbons (Fsp3) is 0.458. The summed E-state index contributed by atoms with van der Waals surface area (Å²) in [5, 5.41) is 1.45. The van der Waals surface area contributed by atoms with E-state index in [-0.39, 0.29) is 5.41 Å². The number of benzene rings is 1. The van der Waals surface area contributed by atoms with E-state index < -0.39 is 0 Å². The fourth-order valence-corrected chi connectivity index (χ4v) is 4.19. The molecule has 0 amide bonds. The molecule has 0 fully saturated rings. The van der Waals surface area contributed by atoms with Crippen molar-refractivity contribution >= 4 is 10.9 Å². The van der Waals surface area contributed by atoms with Gasteiger partial charge in [-0.15, -0.1) is 0 Å². The normalized spacial score (nSPS) is 15.3. The molecule has 0 atom stereocenters. The standard InChI is InChI=1S/C24H31N3/c1-17-6-7-18(15-25-17)10-13-27-22-9-8-19(24(2,3)4)14-20(22)21-16-26(5)12-11-23(21)27/h6-9,14-15H,10-13,16H2,1-5H3. The molecule has 1 aliphatic heterocycles. The fourth-order valence-electron chi connectivity index (χ4n) is 4.19. The summed E-state index contributed by atoms with van der Waals surface area (Å²) in [6.45, 7) is 12.2. The molecule has 2 aromatic heterocycles. The third kappa shape index (κ3) is 3.53. The number of hydrogen-bond acceptors (Lipinski definition) is 2. The van der Waals surface area contributed by atoms with Gasteiger partial charge in [0.1, 0.15) is 0 Å². The monoisotopic (exact) mass is 361 g/mol. The van der Waals surface area contributed by atoms with Crippen molar-refractivity contribution in [3.05, 3.63) is 64.6 Å². The molecule has 0 N–H and O–H groups in total. The van der Waals surface area contributed by atoms with Crippen LogP contribution in [0, 0.1) is 6.92 Å². The van der Waals surface area contributed by atoms with Gasteiger partial charge >= 0.3 is 0 Å². The molecule has 0 bridgehead atoms. The third-order valence-corrected chi connectivity index (χ3v) is 5.91. The van der Waals surface area contributed by atoms with Gasteiger partial charge in [-0.05, 0) is 60.7 Å². The minimum atomic E-state index is 0.178. The van der Waals surface area contributed by atoms with E-state index in [9.17, 15) is 0 Å². The Morgan fingerprint density at radius 3 is 2.63 bits per heavy atom. The number of nitrogens with zero attached hydrogens (tertiary/aromatic N) is 3. The highest BCUT2D eigenvalue weighted by atomic mass is 15.1. The number of likely N-dealkylation sites (N-methyl/N-ethyl adjacent to an activating group) is 1. The van der Waals surface area contributed by atoms with Crippen LogP contribution >= 0.6 is 0 Å². The third-order valence-electron chi connectivity index (χ3n) is 5.91. The summed E-state index contributed by atoms with van der Waals surface area (Å²) in [7, 11) is 2.23. The minimum absolute atomic E-state index is 0.178. The molecule has 142 valence electrons. The number of aryl methyl sites for hydroxylation is 3. The maximum absolute atomic E-state index is 4.46. The van der Waals surface area contributed by atoms with E-state index in [1.54, 1.807) is 0 Å². The van der Waals surface area contributed by atoms with Crippen LogP contribution in [0.4, 0.5) is 0 Å². The van der Waals surface area contributed by atoms with Crippen LogP contribution < -0.4 is 0 Å². The van der Waals surface area contributed by atoms with Crippen LogP contribution in [0.5, 0.6) is 0 Å². The molecule has 3 nitrogen and oxygen atoms in total. The predicted octanol–water partition coefficient (Wildman–Crippen LogP) is 4.87. The lowest BCUT2D eigenvalue weighted by Gasteiger charge is -2.24. The molecule has 0 radical (unpaired) electrons. The van der Waals surface area contributed by atoms with Gasteiger partial charge in [0, 0.05) is 54.5 Å². The Morgan fingerprint density at radius 2 is 1.93 bits per heavy atom. The number of aromatic nitrogens is 2. The van der Waals surface area contributed by atoms with Crippen molar-refractivity contribution in [1.29, 1.82) is 0 Å². The molecule has 1 aromatic carbocycles. The number of hydrogen-bond donors (Lipinski definition) is 0. The summed E-state index contributed by atoms with van der Waals surface area (Å²) >= 11 is 0. The van der Waals surface area contributed by atoms with Gasteiger partial charge < -0.3 is 9.47 Å². The Hall–Kier alpha value is -2.13. The van der Waals surface area contributed by atoms with Crippen molar-refractivity contribution in [2.45, 2.75) is 59.0 Å². The molecule has 3 heterocycles. The zero-order valence-electron chi connectivity index (χ0n) is 17.3. The molecule has 0 unspecified atom stereocenters. The summed E-state index contributed by atoms with van der Waals surface area (Å²) in [6, 6.07) is 11.4. The predicted molar refractivity (Wildman–Crippen MR) is 113 cm³/mol. The molecule has 0 spiro atoms. The lowest BCUT2D eigenvalue weighted by atomic mass is 9.86. The highest BCUT2D eigenvalue weighted by Gasteiger charge is 2.24. The smallest absolute Gasteiger partial charge is 0.0486 e. The Kier molecular flexibility index (Phi) is 4.59. The summed E-state index contributed by atoms with van der Waals surface area (Å²) in [5.41, 5.74) is 8.46. The highest BCUT2D eigenvalue weighted by Crippen LogP contribution is 2.34. The van der Waals surface area contributed by atoms with Crippen molar-refractivity contribution in [2.75, 3.05) is 13.6 Å². The van der Waals surface area contributed by atoms with Gasteiger partial charge in [0.25, 0.3) is 0 Å². The topological polar surface area (TPSA) is 21.1 Å². The van der Waals surface area contributed by atoms with Gasteiger partial charge in [-0.2, -0.15) is 0 Å². The van der Waals surface area contributed by atoms with E-state index in [1.165, 1.54) is 33.3 Å². The maximum Gasteiger partial charge on any atom is 0.0486 e. The first-order valence-electron chi connectivity index (χ1n) is 10.1. The van der Waals surface area contributed by atoms with Gasteiger partial charge in [0.15, 0.2) is 0 Å². The van der Waals surface area contributed by atoms with E-state index in [0.717, 1.165) is 38.2 Å². The largest absolute Gasteiger partial charge is 0.344 e. The molecule has 0 aliphatic carbocycles. The van der Waals surface area contributed by atoms with E-state index >= 15 is 0 Å². The molecule has 1 aliphatic rings. The van der Waals surface area contributed by atoms with Crippen molar-refractivity contribution in [2.24, 2.45) is 0 Å². The molecule has 4 rings (SSSR count). The van der Waals surface area contributed by atoms with Crippen LogP contribution in [-0.2, 0) is 31.3 Å². The highest BCUT2D eigenvalue weighted by molar-refractivity contribution is 5.86. The minimum Gasteiger partial charge on any atom is -0.344 e. The van der Waals surface area contributed by atoms with Crippen LogP contribution in [0.2, 0.25) is 0 Å². The second kappa shape index (κ2) is 6.79. The lowest BCUT2D eigenvalue weighted by molar-refractivity contribution is 0.309. The van der Waals surface area contributed by atoms with Crippen LogP contribution in [-0.4, -0.2) is 28.0 Å². The summed E-state index contributed by atoms with van der Waals surface area (Å²) < 4.78 is 2.57. The molecule has 3 aromatic rings. The molecule has 3 heteroatoms. The van der Waals surface area contributed by atoms with E-state index in [1.807, 2.05) is 13.1 Å². The van der Waals surface area contributed by atoms with Crippen LogP contribution in [0.1, 0.15) is 48.8 Å². The van der Waals surface area contributed by atoms with Crippen molar-refractivity contribution in [1.82, 2.24) is 14.5 Å². The Balaban J connectivity index is 1.76. The Morgan fingerprint density at radius 1 is 1.11 bits per heavy atom. The zero-order chi connectivity index (χ0) is 19.2. The zero-order valence-corrected chi connectivity index (χ0v) is 17.3. The first kappa shape index (κ1) is 18.2.